The number of ether oxygens (including phenoxy) is 1. The molecule has 0 spiro atoms. The summed E-state index contributed by atoms with van der Waals surface area (Å²) in [6.07, 6.45) is -1.33. The van der Waals surface area contributed by atoms with E-state index in [2.05, 4.69) is 15.9 Å². The predicted molar refractivity (Wildman–Crippen MR) is 70.0 cm³/mol. The van der Waals surface area contributed by atoms with E-state index in [0.717, 1.165) is 0 Å². The second-order valence-electron chi connectivity index (χ2n) is 4.64. The maximum Gasteiger partial charge on any atom is 0.340 e. The number of aliphatic hydroxyl groups is 1. The fourth-order valence-electron chi connectivity index (χ4n) is 1.23. The van der Waals surface area contributed by atoms with Crippen LogP contribution < -0.4 is 0 Å². The molecule has 0 bridgehead atoms. The van der Waals surface area contributed by atoms with Crippen molar-refractivity contribution in [3.05, 3.63) is 33.3 Å². The largest absolute Gasteiger partial charge is 0.458 e. The van der Waals surface area contributed by atoms with E-state index in [4.69, 9.17) is 16.3 Å². The standard InChI is InChI=1S/C12H14BrClO3/c1-12(2,3)17-11(16)10(15)7-4-8(13)6-9(14)5-7/h4-6,10,15H,1-3H3. The Balaban J connectivity index is 2.89. The minimum atomic E-state index is -1.33. The van der Waals surface area contributed by atoms with Crippen LogP contribution in [-0.2, 0) is 9.53 Å². The SMILES string of the molecule is CC(C)(C)OC(=O)C(O)c1cc(Cl)cc(Br)c1. The zero-order valence-electron chi connectivity index (χ0n) is 9.83. The number of benzene rings is 1. The minimum absolute atomic E-state index is 0.402. The maximum absolute atomic E-state index is 11.7. The van der Waals surface area contributed by atoms with E-state index < -0.39 is 17.7 Å². The first-order valence-electron chi connectivity index (χ1n) is 5.06. The number of esters is 1. The van der Waals surface area contributed by atoms with Crippen LogP contribution >= 0.6 is 27.5 Å². The van der Waals surface area contributed by atoms with Crippen molar-refractivity contribution in [3.8, 4) is 0 Å². The van der Waals surface area contributed by atoms with Crippen molar-refractivity contribution in [1.29, 1.82) is 0 Å². The normalized spacial score (nSPS) is 13.3. The monoisotopic (exact) mass is 320 g/mol. The van der Waals surface area contributed by atoms with Gasteiger partial charge in [-0.3, -0.25) is 0 Å². The van der Waals surface area contributed by atoms with Gasteiger partial charge in [0.2, 0.25) is 0 Å². The Bertz CT molecular complexity index is 406. The molecule has 17 heavy (non-hydrogen) atoms. The average molecular weight is 322 g/mol. The second-order valence-corrected chi connectivity index (χ2v) is 5.99. The van der Waals surface area contributed by atoms with E-state index in [1.807, 2.05) is 0 Å². The minimum Gasteiger partial charge on any atom is -0.458 e. The molecule has 0 aliphatic heterocycles. The zero-order chi connectivity index (χ0) is 13.2. The molecule has 0 aliphatic rings. The summed E-state index contributed by atoms with van der Waals surface area (Å²) >= 11 is 9.08. The van der Waals surface area contributed by atoms with Gasteiger partial charge in [0, 0.05) is 9.50 Å². The Hall–Kier alpha value is -0.580. The molecule has 1 unspecified atom stereocenters. The summed E-state index contributed by atoms with van der Waals surface area (Å²) in [4.78, 5) is 11.7. The quantitative estimate of drug-likeness (QED) is 0.848. The van der Waals surface area contributed by atoms with Gasteiger partial charge in [-0.1, -0.05) is 27.5 Å². The van der Waals surface area contributed by atoms with Gasteiger partial charge >= 0.3 is 5.97 Å². The molecule has 1 rings (SSSR count). The third kappa shape index (κ3) is 4.66. The van der Waals surface area contributed by atoms with Crippen molar-refractivity contribution < 1.29 is 14.6 Å². The van der Waals surface area contributed by atoms with Crippen molar-refractivity contribution in [1.82, 2.24) is 0 Å². The number of aliphatic hydroxyl groups excluding tert-OH is 1. The van der Waals surface area contributed by atoms with E-state index in [1.54, 1.807) is 32.9 Å². The lowest BCUT2D eigenvalue weighted by atomic mass is 10.1. The summed E-state index contributed by atoms with van der Waals surface area (Å²) in [6.45, 7) is 5.22. The summed E-state index contributed by atoms with van der Waals surface area (Å²) < 4.78 is 5.78. The fourth-order valence-corrected chi connectivity index (χ4v) is 2.11. The first kappa shape index (κ1) is 14.5. The number of carbonyl (C=O) groups excluding carboxylic acids is 1. The van der Waals surface area contributed by atoms with Crippen LogP contribution in [-0.4, -0.2) is 16.7 Å². The Morgan fingerprint density at radius 1 is 1.41 bits per heavy atom. The molecule has 3 nitrogen and oxygen atoms in total. The van der Waals surface area contributed by atoms with Crippen LogP contribution in [0.25, 0.3) is 0 Å². The van der Waals surface area contributed by atoms with Crippen molar-refractivity contribution in [2.75, 3.05) is 0 Å². The third-order valence-corrected chi connectivity index (χ3v) is 2.51. The molecular formula is C12H14BrClO3. The Labute approximate surface area is 114 Å². The van der Waals surface area contributed by atoms with Crippen molar-refractivity contribution in [2.24, 2.45) is 0 Å². The molecule has 0 aliphatic carbocycles. The summed E-state index contributed by atoms with van der Waals surface area (Å²) in [5, 5.41) is 10.3. The molecule has 0 heterocycles. The lowest BCUT2D eigenvalue weighted by Crippen LogP contribution is -2.27. The van der Waals surface area contributed by atoms with E-state index >= 15 is 0 Å². The second kappa shape index (κ2) is 5.38. The lowest BCUT2D eigenvalue weighted by Gasteiger charge is -2.21. The van der Waals surface area contributed by atoms with Crippen molar-refractivity contribution in [3.63, 3.8) is 0 Å². The molecule has 1 aromatic rings. The number of hydrogen-bond donors (Lipinski definition) is 1. The first-order valence-corrected chi connectivity index (χ1v) is 6.23. The van der Waals surface area contributed by atoms with Crippen LogP contribution in [0.4, 0.5) is 0 Å². The van der Waals surface area contributed by atoms with Crippen LogP contribution in [0.2, 0.25) is 5.02 Å². The van der Waals surface area contributed by atoms with Gasteiger partial charge in [-0.25, -0.2) is 4.79 Å². The van der Waals surface area contributed by atoms with Gasteiger partial charge in [-0.05, 0) is 44.5 Å². The number of halogens is 2. The average Bonchev–Trinajstić information content (AvgIpc) is 2.12. The molecule has 1 N–H and O–H groups in total. The topological polar surface area (TPSA) is 46.5 Å². The molecule has 5 heteroatoms. The van der Waals surface area contributed by atoms with Gasteiger partial charge in [-0.2, -0.15) is 0 Å². The maximum atomic E-state index is 11.7. The number of hydrogen-bond acceptors (Lipinski definition) is 3. The smallest absolute Gasteiger partial charge is 0.340 e. The third-order valence-electron chi connectivity index (χ3n) is 1.83. The summed E-state index contributed by atoms with van der Waals surface area (Å²) in [5.41, 5.74) is -0.230. The molecule has 0 amide bonds. The molecular weight excluding hydrogens is 307 g/mol. The molecule has 94 valence electrons. The summed E-state index contributed by atoms with van der Waals surface area (Å²) in [7, 11) is 0. The Morgan fingerprint density at radius 2 is 2.00 bits per heavy atom. The number of carbonyl (C=O) groups is 1. The van der Waals surface area contributed by atoms with E-state index in [9.17, 15) is 9.90 Å². The first-order chi connectivity index (χ1) is 7.69. The van der Waals surface area contributed by atoms with Crippen LogP contribution in [0.15, 0.2) is 22.7 Å². The zero-order valence-corrected chi connectivity index (χ0v) is 12.2. The summed E-state index contributed by atoms with van der Waals surface area (Å²) in [6, 6.07) is 4.83. The Morgan fingerprint density at radius 3 is 2.47 bits per heavy atom. The highest BCUT2D eigenvalue weighted by Gasteiger charge is 2.24. The molecule has 0 saturated heterocycles. The van der Waals surface area contributed by atoms with Gasteiger partial charge < -0.3 is 9.84 Å². The van der Waals surface area contributed by atoms with E-state index in [-0.39, 0.29) is 0 Å². The fraction of sp³-hybridized carbons (Fsp3) is 0.417. The van der Waals surface area contributed by atoms with E-state index in [1.165, 1.54) is 6.07 Å². The summed E-state index contributed by atoms with van der Waals surface area (Å²) in [5.74, 6) is -0.688. The molecule has 0 aromatic heterocycles. The Kier molecular flexibility index (Phi) is 4.58. The predicted octanol–water partition coefficient (Wildman–Crippen LogP) is 3.48. The molecule has 0 saturated carbocycles. The van der Waals surface area contributed by atoms with Crippen LogP contribution in [0.3, 0.4) is 0 Å². The molecule has 1 aromatic carbocycles. The number of rotatable bonds is 2. The van der Waals surface area contributed by atoms with Gasteiger partial charge in [0.25, 0.3) is 0 Å². The van der Waals surface area contributed by atoms with Gasteiger partial charge in [0.1, 0.15) is 5.60 Å². The lowest BCUT2D eigenvalue weighted by molar-refractivity contribution is -0.165. The highest BCUT2D eigenvalue weighted by Crippen LogP contribution is 2.25. The molecule has 0 fully saturated rings. The molecule has 1 atom stereocenters. The highest BCUT2D eigenvalue weighted by atomic mass is 79.9. The van der Waals surface area contributed by atoms with Gasteiger partial charge in [-0.15, -0.1) is 0 Å². The van der Waals surface area contributed by atoms with Gasteiger partial charge in [0.15, 0.2) is 6.10 Å². The van der Waals surface area contributed by atoms with Gasteiger partial charge in [0.05, 0.1) is 0 Å². The van der Waals surface area contributed by atoms with Crippen molar-refractivity contribution in [2.45, 2.75) is 32.5 Å². The van der Waals surface area contributed by atoms with Crippen LogP contribution in [0, 0.1) is 0 Å². The van der Waals surface area contributed by atoms with Crippen LogP contribution in [0.1, 0.15) is 32.4 Å². The van der Waals surface area contributed by atoms with E-state index in [0.29, 0.717) is 15.1 Å². The molecule has 0 radical (unpaired) electrons. The highest BCUT2D eigenvalue weighted by molar-refractivity contribution is 9.10. The van der Waals surface area contributed by atoms with Crippen LogP contribution in [0.5, 0.6) is 0 Å². The van der Waals surface area contributed by atoms with Crippen molar-refractivity contribution >= 4 is 33.5 Å².